The van der Waals surface area contributed by atoms with Crippen molar-refractivity contribution >= 4 is 62.7 Å². The van der Waals surface area contributed by atoms with Gasteiger partial charge in [-0.15, -0.1) is 11.8 Å². The van der Waals surface area contributed by atoms with Gasteiger partial charge in [-0.1, -0.05) is 76.9 Å². The lowest BCUT2D eigenvalue weighted by Crippen LogP contribution is -2.54. The van der Waals surface area contributed by atoms with Gasteiger partial charge in [0.25, 0.3) is 0 Å². The van der Waals surface area contributed by atoms with Crippen molar-refractivity contribution in [2.75, 3.05) is 18.5 Å². The van der Waals surface area contributed by atoms with Crippen LogP contribution in [-0.2, 0) is 14.4 Å². The van der Waals surface area contributed by atoms with E-state index in [-0.39, 0.29) is 34.4 Å². The molecule has 7 atom stereocenters. The number of alkyl halides is 1. The molecule has 0 saturated carbocycles. The van der Waals surface area contributed by atoms with Crippen LogP contribution in [0.5, 0.6) is 0 Å². The molecule has 0 aromatic heterocycles. The molecule has 38 heavy (non-hydrogen) atoms. The number of amides is 3. The van der Waals surface area contributed by atoms with Crippen LogP contribution in [0.15, 0.2) is 48.5 Å². The summed E-state index contributed by atoms with van der Waals surface area (Å²) in [4.78, 5) is 43.5. The number of thioether (sulfide) groups is 1. The lowest BCUT2D eigenvalue weighted by Gasteiger charge is -2.37. The minimum Gasteiger partial charge on any atom is -0.394 e. The number of carbonyl (C=O) groups is 3. The molecule has 0 radical (unpaired) electrons. The van der Waals surface area contributed by atoms with E-state index in [1.54, 1.807) is 17.8 Å². The van der Waals surface area contributed by atoms with Crippen molar-refractivity contribution < 1.29 is 19.5 Å². The number of aryl methyl sites for hydroxylation is 1. The summed E-state index contributed by atoms with van der Waals surface area (Å²) >= 11 is 11.8. The summed E-state index contributed by atoms with van der Waals surface area (Å²) < 4.78 is -0.828. The lowest BCUT2D eigenvalue weighted by atomic mass is 9.70. The molecule has 3 unspecified atom stereocenters. The molecule has 2 aromatic carbocycles. The molecule has 3 aliphatic rings. The molecule has 5 rings (SSSR count). The number of aliphatic hydroxyl groups excluding tert-OH is 1. The zero-order chi connectivity index (χ0) is 27.2. The Morgan fingerprint density at radius 2 is 1.95 bits per heavy atom. The second-order valence-corrected chi connectivity index (χ2v) is 13.4. The monoisotopic (exact) mass is 619 g/mol. The molecule has 3 fully saturated rings. The smallest absolute Gasteiger partial charge is 0.248 e. The quantitative estimate of drug-likeness (QED) is 0.382. The van der Waals surface area contributed by atoms with E-state index in [1.807, 2.05) is 56.3 Å². The number of aliphatic hydroxyl groups is 1. The Morgan fingerprint density at radius 1 is 1.21 bits per heavy atom. The number of anilines is 1. The van der Waals surface area contributed by atoms with E-state index in [9.17, 15) is 19.5 Å². The highest BCUT2D eigenvalue weighted by molar-refractivity contribution is 9.09. The SMILES string of the molecule is CCCNC(=O)[C@H]1[C@H]2C(=O)N([C@H](CO)c3ccccc3)C(C(=O)Nc3c(C)cccc3Cl)C23CC(Br)[C@@H]1S3. The molecule has 3 N–H and O–H groups in total. The summed E-state index contributed by atoms with van der Waals surface area (Å²) in [5, 5.41) is 16.8. The first-order chi connectivity index (χ1) is 18.2. The zero-order valence-electron chi connectivity index (χ0n) is 21.2. The van der Waals surface area contributed by atoms with Crippen molar-refractivity contribution in [1.82, 2.24) is 10.2 Å². The molecule has 2 aromatic rings. The van der Waals surface area contributed by atoms with Crippen molar-refractivity contribution in [2.45, 2.75) is 53.6 Å². The first-order valence-electron chi connectivity index (χ1n) is 12.9. The van der Waals surface area contributed by atoms with Gasteiger partial charge in [0, 0.05) is 16.6 Å². The third kappa shape index (κ3) is 4.35. The number of likely N-dealkylation sites (tertiary alicyclic amines) is 1. The lowest BCUT2D eigenvalue weighted by molar-refractivity contribution is -0.142. The number of benzene rings is 2. The topological polar surface area (TPSA) is 98.7 Å². The minimum atomic E-state index is -0.910. The van der Waals surface area contributed by atoms with Crippen molar-refractivity contribution in [2.24, 2.45) is 11.8 Å². The Morgan fingerprint density at radius 3 is 2.61 bits per heavy atom. The molecule has 3 amide bonds. The van der Waals surface area contributed by atoms with Crippen LogP contribution in [0, 0.1) is 18.8 Å². The molecule has 3 saturated heterocycles. The number of nitrogens with one attached hydrogen (secondary N) is 2. The van der Waals surface area contributed by atoms with E-state index < -0.39 is 28.7 Å². The maximum absolute atomic E-state index is 14.3. The normalized spacial score (nSPS) is 30.3. The number of fused-ring (bicyclic) bond motifs is 1. The molecule has 3 aliphatic heterocycles. The summed E-state index contributed by atoms with van der Waals surface area (Å²) in [5.41, 5.74) is 2.03. The predicted octanol–water partition coefficient (Wildman–Crippen LogP) is 4.31. The van der Waals surface area contributed by atoms with Crippen LogP contribution in [0.4, 0.5) is 5.69 Å². The Balaban J connectivity index is 1.61. The van der Waals surface area contributed by atoms with Crippen LogP contribution in [-0.4, -0.2) is 61.7 Å². The van der Waals surface area contributed by atoms with Crippen LogP contribution in [0.2, 0.25) is 5.02 Å². The minimum absolute atomic E-state index is 0.0319. The molecule has 1 spiro atoms. The average Bonchev–Trinajstić information content (AvgIpc) is 3.49. The molecule has 3 heterocycles. The van der Waals surface area contributed by atoms with Crippen LogP contribution >= 0.6 is 39.3 Å². The first kappa shape index (κ1) is 27.5. The number of halogens is 2. The van der Waals surface area contributed by atoms with Gasteiger partial charge in [0.1, 0.15) is 6.04 Å². The summed E-state index contributed by atoms with van der Waals surface area (Å²) in [6.45, 7) is 4.01. The molecule has 10 heteroatoms. The van der Waals surface area contributed by atoms with Gasteiger partial charge >= 0.3 is 0 Å². The highest BCUT2D eigenvalue weighted by Crippen LogP contribution is 2.68. The number of hydrogen-bond acceptors (Lipinski definition) is 5. The molecule has 2 bridgehead atoms. The van der Waals surface area contributed by atoms with Crippen LogP contribution in [0.25, 0.3) is 0 Å². The van der Waals surface area contributed by atoms with E-state index in [0.717, 1.165) is 17.5 Å². The fourth-order valence-electron chi connectivity index (χ4n) is 6.38. The van der Waals surface area contributed by atoms with Crippen molar-refractivity contribution in [1.29, 1.82) is 0 Å². The van der Waals surface area contributed by atoms with Crippen molar-refractivity contribution in [3.63, 3.8) is 0 Å². The maximum atomic E-state index is 14.3. The van der Waals surface area contributed by atoms with E-state index in [4.69, 9.17) is 11.6 Å². The second-order valence-electron chi connectivity index (χ2n) is 10.2. The van der Waals surface area contributed by atoms with Gasteiger partial charge in [-0.2, -0.15) is 0 Å². The summed E-state index contributed by atoms with van der Waals surface area (Å²) in [5.74, 6) is -2.04. The standard InChI is InChI=1S/C28H31BrClN3O4S/c1-3-12-31-25(35)20-21-27(37)33(19(14-34)16-9-5-4-6-10-16)24(28(21)13-17(29)23(20)38-28)26(36)32-22-15(2)8-7-11-18(22)30/h4-11,17,19-21,23-24,34H,3,12-14H2,1-2H3,(H,31,35)(H,32,36)/t17?,19-,20+,21+,23+,24?,28?/m1/s1. The highest BCUT2D eigenvalue weighted by Gasteiger charge is 2.76. The van der Waals surface area contributed by atoms with E-state index in [2.05, 4.69) is 26.6 Å². The van der Waals surface area contributed by atoms with Crippen molar-refractivity contribution in [3.8, 4) is 0 Å². The number of para-hydroxylation sites is 1. The van der Waals surface area contributed by atoms with E-state index >= 15 is 0 Å². The molecular weight excluding hydrogens is 590 g/mol. The molecular formula is C28H31BrClN3O4S. The fraction of sp³-hybridized carbons (Fsp3) is 0.464. The zero-order valence-corrected chi connectivity index (χ0v) is 24.4. The van der Waals surface area contributed by atoms with Gasteiger partial charge in [0.15, 0.2) is 0 Å². The van der Waals surface area contributed by atoms with E-state index in [0.29, 0.717) is 23.7 Å². The number of carbonyl (C=O) groups excluding carboxylic acids is 3. The Labute approximate surface area is 240 Å². The van der Waals surface area contributed by atoms with Gasteiger partial charge < -0.3 is 20.6 Å². The summed E-state index contributed by atoms with van der Waals surface area (Å²) in [6.07, 6.45) is 1.34. The van der Waals surface area contributed by atoms with Crippen LogP contribution in [0.1, 0.15) is 36.9 Å². The van der Waals surface area contributed by atoms with Gasteiger partial charge in [0.05, 0.1) is 39.9 Å². The second kappa shape index (κ2) is 10.8. The third-order valence-electron chi connectivity index (χ3n) is 7.99. The Kier molecular flexibility index (Phi) is 7.84. The summed E-state index contributed by atoms with van der Waals surface area (Å²) in [7, 11) is 0. The number of nitrogens with zero attached hydrogens (tertiary/aromatic N) is 1. The first-order valence-corrected chi connectivity index (χ1v) is 15.1. The highest BCUT2D eigenvalue weighted by atomic mass is 79.9. The number of rotatable bonds is 8. The molecule has 7 nitrogen and oxygen atoms in total. The molecule has 0 aliphatic carbocycles. The van der Waals surface area contributed by atoms with Gasteiger partial charge in [-0.25, -0.2) is 0 Å². The average molecular weight is 621 g/mol. The molecule has 202 valence electrons. The van der Waals surface area contributed by atoms with Crippen molar-refractivity contribution in [3.05, 3.63) is 64.7 Å². The number of hydrogen-bond donors (Lipinski definition) is 3. The summed E-state index contributed by atoms with van der Waals surface area (Å²) in [6, 6.07) is 13.0. The third-order valence-corrected chi connectivity index (χ3v) is 11.5. The van der Waals surface area contributed by atoms with Gasteiger partial charge in [0.2, 0.25) is 17.7 Å². The van der Waals surface area contributed by atoms with Gasteiger partial charge in [-0.3, -0.25) is 14.4 Å². The maximum Gasteiger partial charge on any atom is 0.248 e. The predicted molar refractivity (Wildman–Crippen MR) is 153 cm³/mol. The van der Waals surface area contributed by atoms with Gasteiger partial charge in [-0.05, 0) is 37.0 Å². The van der Waals surface area contributed by atoms with Crippen LogP contribution < -0.4 is 10.6 Å². The van der Waals surface area contributed by atoms with E-state index in [1.165, 1.54) is 4.90 Å². The largest absolute Gasteiger partial charge is 0.394 e. The van der Waals surface area contributed by atoms with Crippen LogP contribution in [0.3, 0.4) is 0 Å². The fourth-order valence-corrected chi connectivity index (χ4v) is 10.2. The Bertz CT molecular complexity index is 1230. The Hall–Kier alpha value is -2.07.